The number of hydrogen-bond acceptors (Lipinski definition) is 2. The van der Waals surface area contributed by atoms with Gasteiger partial charge < -0.3 is 15.3 Å². The maximum Gasteiger partial charge on any atom is 0.317 e. The predicted octanol–water partition coefficient (Wildman–Crippen LogP) is 1.93. The lowest BCUT2D eigenvalue weighted by atomic mass is 10.0. The van der Waals surface area contributed by atoms with Crippen molar-refractivity contribution >= 4 is 12.0 Å². The molecule has 1 rings (SSSR count). The van der Waals surface area contributed by atoms with Gasteiger partial charge in [0.05, 0.1) is 0 Å². The first-order chi connectivity index (χ1) is 8.49. The summed E-state index contributed by atoms with van der Waals surface area (Å²) in [6, 6.07) is -0.0104. The lowest BCUT2D eigenvalue weighted by Gasteiger charge is -2.31. The minimum absolute atomic E-state index is 0.0104. The van der Waals surface area contributed by atoms with Gasteiger partial charge in [0, 0.05) is 26.1 Å². The molecule has 0 radical (unpaired) electrons. The Morgan fingerprint density at radius 3 is 2.83 bits per heavy atom. The van der Waals surface area contributed by atoms with Gasteiger partial charge in [0.15, 0.2) is 0 Å². The number of carboxylic acids is 1. The maximum atomic E-state index is 11.9. The van der Waals surface area contributed by atoms with Gasteiger partial charge in [-0.1, -0.05) is 13.8 Å². The number of carboxylic acid groups (broad SMARTS) is 1. The summed E-state index contributed by atoms with van der Waals surface area (Å²) in [6.07, 6.45) is 3.03. The van der Waals surface area contributed by atoms with E-state index in [0.29, 0.717) is 18.9 Å². The van der Waals surface area contributed by atoms with E-state index in [1.165, 1.54) is 6.42 Å². The lowest BCUT2D eigenvalue weighted by Crippen LogP contribution is -2.46. The van der Waals surface area contributed by atoms with E-state index in [1.54, 1.807) is 0 Å². The molecule has 1 aliphatic heterocycles. The fourth-order valence-electron chi connectivity index (χ4n) is 2.22. The van der Waals surface area contributed by atoms with E-state index in [2.05, 4.69) is 12.2 Å². The van der Waals surface area contributed by atoms with Crippen molar-refractivity contribution in [3.8, 4) is 0 Å². The summed E-state index contributed by atoms with van der Waals surface area (Å²) in [5.41, 5.74) is 0. The van der Waals surface area contributed by atoms with Crippen molar-refractivity contribution < 1.29 is 14.7 Å². The highest BCUT2D eigenvalue weighted by atomic mass is 16.4. The van der Waals surface area contributed by atoms with Crippen LogP contribution in [0.25, 0.3) is 0 Å². The van der Waals surface area contributed by atoms with Gasteiger partial charge in [-0.25, -0.2) is 4.79 Å². The minimum Gasteiger partial charge on any atom is -0.481 e. The zero-order valence-corrected chi connectivity index (χ0v) is 11.3. The molecule has 0 aliphatic carbocycles. The van der Waals surface area contributed by atoms with E-state index < -0.39 is 5.97 Å². The molecule has 0 aromatic rings. The Balaban J connectivity index is 2.21. The van der Waals surface area contributed by atoms with Crippen LogP contribution in [0.15, 0.2) is 0 Å². The zero-order chi connectivity index (χ0) is 13.5. The molecule has 0 aromatic carbocycles. The third kappa shape index (κ3) is 5.38. The van der Waals surface area contributed by atoms with Crippen LogP contribution in [0.4, 0.5) is 4.79 Å². The second-order valence-electron chi connectivity index (χ2n) is 5.42. The van der Waals surface area contributed by atoms with Crippen LogP contribution < -0.4 is 5.32 Å². The highest BCUT2D eigenvalue weighted by Crippen LogP contribution is 2.15. The number of carbonyl (C=O) groups excluding carboxylic acids is 1. The van der Waals surface area contributed by atoms with Crippen LogP contribution in [0.3, 0.4) is 0 Å². The van der Waals surface area contributed by atoms with Crippen LogP contribution in [0.5, 0.6) is 0 Å². The summed E-state index contributed by atoms with van der Waals surface area (Å²) >= 11 is 0. The van der Waals surface area contributed by atoms with E-state index in [4.69, 9.17) is 5.11 Å². The maximum absolute atomic E-state index is 11.9. The van der Waals surface area contributed by atoms with Crippen molar-refractivity contribution in [2.45, 2.75) is 39.5 Å². The van der Waals surface area contributed by atoms with E-state index in [1.807, 2.05) is 11.8 Å². The molecule has 2 unspecified atom stereocenters. The molecular formula is C13H24N2O3. The molecule has 18 heavy (non-hydrogen) atoms. The van der Waals surface area contributed by atoms with Crippen molar-refractivity contribution in [1.29, 1.82) is 0 Å². The van der Waals surface area contributed by atoms with E-state index in [-0.39, 0.29) is 18.4 Å². The molecule has 104 valence electrons. The van der Waals surface area contributed by atoms with Crippen LogP contribution in [0, 0.1) is 11.8 Å². The van der Waals surface area contributed by atoms with Crippen molar-refractivity contribution in [3.63, 3.8) is 0 Å². The Bertz CT molecular complexity index is 294. The number of aliphatic carboxylic acids is 1. The fraction of sp³-hybridized carbons (Fsp3) is 0.846. The third-order valence-electron chi connectivity index (χ3n) is 3.40. The van der Waals surface area contributed by atoms with Gasteiger partial charge in [0.2, 0.25) is 0 Å². The summed E-state index contributed by atoms with van der Waals surface area (Å²) in [4.78, 5) is 24.2. The SMILES string of the molecule is CC(CCC(=O)O)CNC(=O)N1CCCC(C)C1. The molecule has 1 saturated heterocycles. The summed E-state index contributed by atoms with van der Waals surface area (Å²) in [7, 11) is 0. The first kappa shape index (κ1) is 14.8. The summed E-state index contributed by atoms with van der Waals surface area (Å²) in [6.45, 7) is 6.34. The van der Waals surface area contributed by atoms with Gasteiger partial charge in [-0.05, 0) is 31.1 Å². The molecule has 1 heterocycles. The van der Waals surface area contributed by atoms with Crippen molar-refractivity contribution in [2.75, 3.05) is 19.6 Å². The first-order valence-corrected chi connectivity index (χ1v) is 6.73. The third-order valence-corrected chi connectivity index (χ3v) is 3.40. The topological polar surface area (TPSA) is 69.6 Å². The first-order valence-electron chi connectivity index (χ1n) is 6.73. The number of rotatable bonds is 5. The van der Waals surface area contributed by atoms with Crippen molar-refractivity contribution in [2.24, 2.45) is 11.8 Å². The zero-order valence-electron chi connectivity index (χ0n) is 11.3. The van der Waals surface area contributed by atoms with Crippen molar-refractivity contribution in [3.05, 3.63) is 0 Å². The van der Waals surface area contributed by atoms with Crippen LogP contribution in [-0.4, -0.2) is 41.6 Å². The van der Waals surface area contributed by atoms with Crippen LogP contribution in [0.2, 0.25) is 0 Å². The van der Waals surface area contributed by atoms with Crippen LogP contribution in [0.1, 0.15) is 39.5 Å². The Kier molecular flexibility index (Phi) is 5.95. The second-order valence-corrected chi connectivity index (χ2v) is 5.42. The molecule has 1 fully saturated rings. The summed E-state index contributed by atoms with van der Waals surface area (Å²) in [5.74, 6) is -0.000713. The number of likely N-dealkylation sites (tertiary alicyclic amines) is 1. The number of carbonyl (C=O) groups is 2. The average molecular weight is 256 g/mol. The lowest BCUT2D eigenvalue weighted by molar-refractivity contribution is -0.137. The molecule has 2 amide bonds. The number of hydrogen-bond donors (Lipinski definition) is 2. The molecule has 5 nitrogen and oxygen atoms in total. The standard InChI is InChI=1S/C13H24N2O3/c1-10(5-6-12(16)17)8-14-13(18)15-7-3-4-11(2)9-15/h10-11H,3-9H2,1-2H3,(H,14,18)(H,16,17). The number of nitrogens with zero attached hydrogens (tertiary/aromatic N) is 1. The Morgan fingerprint density at radius 1 is 1.50 bits per heavy atom. The number of amides is 2. The van der Waals surface area contributed by atoms with Gasteiger partial charge in [-0.3, -0.25) is 4.79 Å². The van der Waals surface area contributed by atoms with E-state index >= 15 is 0 Å². The van der Waals surface area contributed by atoms with Crippen LogP contribution >= 0.6 is 0 Å². The van der Waals surface area contributed by atoms with Crippen molar-refractivity contribution in [1.82, 2.24) is 10.2 Å². The fourth-order valence-corrected chi connectivity index (χ4v) is 2.22. The quantitative estimate of drug-likeness (QED) is 0.789. The predicted molar refractivity (Wildman–Crippen MR) is 69.4 cm³/mol. The molecular weight excluding hydrogens is 232 g/mol. The number of nitrogens with one attached hydrogen (secondary N) is 1. The highest BCUT2D eigenvalue weighted by molar-refractivity contribution is 5.74. The van der Waals surface area contributed by atoms with Gasteiger partial charge in [-0.2, -0.15) is 0 Å². The Hall–Kier alpha value is -1.26. The van der Waals surface area contributed by atoms with E-state index in [0.717, 1.165) is 19.5 Å². The van der Waals surface area contributed by atoms with Crippen LogP contribution in [-0.2, 0) is 4.79 Å². The average Bonchev–Trinajstić information content (AvgIpc) is 2.33. The molecule has 0 saturated carbocycles. The van der Waals surface area contributed by atoms with E-state index in [9.17, 15) is 9.59 Å². The second kappa shape index (κ2) is 7.24. The monoisotopic (exact) mass is 256 g/mol. The molecule has 1 aliphatic rings. The normalized spacial score (nSPS) is 21.4. The molecule has 2 atom stereocenters. The molecule has 2 N–H and O–H groups in total. The highest BCUT2D eigenvalue weighted by Gasteiger charge is 2.20. The minimum atomic E-state index is -0.780. The molecule has 5 heteroatoms. The van der Waals surface area contributed by atoms with Gasteiger partial charge in [0.1, 0.15) is 0 Å². The largest absolute Gasteiger partial charge is 0.481 e. The van der Waals surface area contributed by atoms with Gasteiger partial charge in [-0.15, -0.1) is 0 Å². The molecule has 0 aromatic heterocycles. The van der Waals surface area contributed by atoms with Gasteiger partial charge >= 0.3 is 12.0 Å². The summed E-state index contributed by atoms with van der Waals surface area (Å²) < 4.78 is 0. The molecule has 0 spiro atoms. The Morgan fingerprint density at radius 2 is 2.22 bits per heavy atom. The smallest absolute Gasteiger partial charge is 0.317 e. The summed E-state index contributed by atoms with van der Waals surface area (Å²) in [5, 5.41) is 11.5. The van der Waals surface area contributed by atoms with Gasteiger partial charge in [0.25, 0.3) is 0 Å². The molecule has 0 bridgehead atoms. The number of urea groups is 1. The number of piperidine rings is 1. The Labute approximate surface area is 109 Å².